The molecule has 3 heteroatoms. The van der Waals surface area contributed by atoms with Crippen molar-refractivity contribution >= 4 is 5.78 Å². The Kier molecular flexibility index (Phi) is 4.46. The van der Waals surface area contributed by atoms with Crippen molar-refractivity contribution < 1.29 is 9.53 Å². The summed E-state index contributed by atoms with van der Waals surface area (Å²) in [4.78, 5) is 12.2. The predicted molar refractivity (Wildman–Crippen MR) is 76.6 cm³/mol. The zero-order chi connectivity index (χ0) is 14.0. The summed E-state index contributed by atoms with van der Waals surface area (Å²) in [6, 6.07) is 1.96. The normalized spacial score (nSPS) is 23.6. The van der Waals surface area contributed by atoms with Crippen LogP contribution in [0.25, 0.3) is 0 Å². The highest BCUT2D eigenvalue weighted by molar-refractivity contribution is 5.98. The Morgan fingerprint density at radius 3 is 2.47 bits per heavy atom. The van der Waals surface area contributed by atoms with Gasteiger partial charge in [-0.05, 0) is 51.5 Å². The first kappa shape index (κ1) is 14.3. The van der Waals surface area contributed by atoms with E-state index >= 15 is 0 Å². The molecule has 0 radical (unpaired) electrons. The van der Waals surface area contributed by atoms with Crippen molar-refractivity contribution in [2.45, 2.75) is 52.6 Å². The number of Topliss-reactive ketones (excluding diaryl/α,β-unsaturated/α-hetero) is 1. The molecule has 3 nitrogen and oxygen atoms in total. The molecule has 2 rings (SSSR count). The first-order valence-corrected chi connectivity index (χ1v) is 7.26. The molecule has 19 heavy (non-hydrogen) atoms. The topological polar surface area (TPSA) is 31.2 Å². The van der Waals surface area contributed by atoms with E-state index in [0.29, 0.717) is 0 Å². The Morgan fingerprint density at radius 1 is 1.32 bits per heavy atom. The van der Waals surface area contributed by atoms with E-state index in [4.69, 9.17) is 4.74 Å². The number of nitrogens with zero attached hydrogens (tertiary/aromatic N) is 1. The van der Waals surface area contributed by atoms with Crippen molar-refractivity contribution in [1.29, 1.82) is 0 Å². The van der Waals surface area contributed by atoms with Gasteiger partial charge in [0.25, 0.3) is 0 Å². The molecular formula is C16H25NO2. The fourth-order valence-corrected chi connectivity index (χ4v) is 2.81. The summed E-state index contributed by atoms with van der Waals surface area (Å²) in [7, 11) is 1.99. The highest BCUT2D eigenvalue weighted by Crippen LogP contribution is 2.25. The second-order valence-corrected chi connectivity index (χ2v) is 5.96. The molecule has 106 valence electrons. The van der Waals surface area contributed by atoms with Gasteiger partial charge in [0.1, 0.15) is 6.61 Å². The summed E-state index contributed by atoms with van der Waals surface area (Å²) in [6.45, 7) is 6.52. The van der Waals surface area contributed by atoms with Crippen LogP contribution in [0.1, 0.15) is 54.4 Å². The summed E-state index contributed by atoms with van der Waals surface area (Å²) in [5, 5.41) is 0. The van der Waals surface area contributed by atoms with E-state index in [1.54, 1.807) is 0 Å². The first-order valence-electron chi connectivity index (χ1n) is 7.26. The first-order chi connectivity index (χ1) is 8.99. The molecule has 0 saturated heterocycles. The number of carbonyl (C=O) groups is 1. The lowest BCUT2D eigenvalue weighted by atomic mass is 9.89. The van der Waals surface area contributed by atoms with Gasteiger partial charge in [0.2, 0.25) is 0 Å². The van der Waals surface area contributed by atoms with Crippen LogP contribution in [-0.2, 0) is 11.8 Å². The number of hydrogen-bond donors (Lipinski definition) is 0. The van der Waals surface area contributed by atoms with Crippen LogP contribution in [-0.4, -0.2) is 23.1 Å². The smallest absolute Gasteiger partial charge is 0.190 e. The molecule has 0 spiro atoms. The number of aromatic nitrogens is 1. The number of hydrogen-bond acceptors (Lipinski definition) is 2. The van der Waals surface area contributed by atoms with E-state index < -0.39 is 0 Å². The number of ketones is 1. The number of carbonyl (C=O) groups excluding carboxylic acids is 1. The molecule has 0 aliphatic heterocycles. The average molecular weight is 263 g/mol. The number of ether oxygens (including phenoxy) is 1. The van der Waals surface area contributed by atoms with Crippen LogP contribution >= 0.6 is 0 Å². The third kappa shape index (κ3) is 3.27. The Labute approximate surface area is 115 Å². The Balaban J connectivity index is 1.89. The fourth-order valence-electron chi connectivity index (χ4n) is 2.81. The summed E-state index contributed by atoms with van der Waals surface area (Å²) >= 11 is 0. The molecule has 0 aromatic carbocycles. The average Bonchev–Trinajstić information content (AvgIpc) is 2.65. The quantitative estimate of drug-likeness (QED) is 0.779. The van der Waals surface area contributed by atoms with Gasteiger partial charge < -0.3 is 9.30 Å². The largest absolute Gasteiger partial charge is 0.370 e. The molecule has 0 bridgehead atoms. The van der Waals surface area contributed by atoms with E-state index in [1.165, 1.54) is 12.8 Å². The van der Waals surface area contributed by atoms with Crippen molar-refractivity contribution in [3.8, 4) is 0 Å². The van der Waals surface area contributed by atoms with Gasteiger partial charge in [-0.15, -0.1) is 0 Å². The van der Waals surface area contributed by atoms with Crippen LogP contribution in [0.15, 0.2) is 6.07 Å². The molecule has 0 atom stereocenters. The van der Waals surface area contributed by atoms with Crippen LogP contribution < -0.4 is 0 Å². The zero-order valence-electron chi connectivity index (χ0n) is 12.5. The minimum absolute atomic E-state index is 0.111. The van der Waals surface area contributed by atoms with E-state index in [-0.39, 0.29) is 18.5 Å². The van der Waals surface area contributed by atoms with Crippen molar-refractivity contribution in [3.63, 3.8) is 0 Å². The minimum Gasteiger partial charge on any atom is -0.370 e. The summed E-state index contributed by atoms with van der Waals surface area (Å²) in [5.74, 6) is 0.925. The second-order valence-electron chi connectivity index (χ2n) is 5.96. The maximum absolute atomic E-state index is 12.2. The standard InChI is InChI=1S/C16H25NO2/c1-11-5-7-14(8-6-11)19-10-16(18)15-9-12(2)17(4)13(15)3/h9,11,14H,5-8,10H2,1-4H3. The Hall–Kier alpha value is -1.09. The summed E-state index contributed by atoms with van der Waals surface area (Å²) < 4.78 is 7.84. The molecule has 0 amide bonds. The lowest BCUT2D eigenvalue weighted by Gasteiger charge is -2.25. The molecule has 1 saturated carbocycles. The lowest BCUT2D eigenvalue weighted by molar-refractivity contribution is 0.0217. The van der Waals surface area contributed by atoms with Crippen molar-refractivity contribution in [2.75, 3.05) is 6.61 Å². The molecule has 1 aromatic heterocycles. The van der Waals surface area contributed by atoms with Crippen molar-refractivity contribution in [3.05, 3.63) is 23.0 Å². The number of rotatable bonds is 4. The highest BCUT2D eigenvalue weighted by atomic mass is 16.5. The number of aryl methyl sites for hydroxylation is 1. The van der Waals surface area contributed by atoms with E-state index in [0.717, 1.165) is 35.7 Å². The van der Waals surface area contributed by atoms with Gasteiger partial charge >= 0.3 is 0 Å². The van der Waals surface area contributed by atoms with Crippen molar-refractivity contribution in [1.82, 2.24) is 4.57 Å². The zero-order valence-corrected chi connectivity index (χ0v) is 12.5. The van der Waals surface area contributed by atoms with E-state index in [1.807, 2.05) is 27.0 Å². The maximum atomic E-state index is 12.2. The van der Waals surface area contributed by atoms with Crippen LogP contribution in [0.3, 0.4) is 0 Å². The molecule has 1 aromatic rings. The second kappa shape index (κ2) is 5.91. The third-order valence-electron chi connectivity index (χ3n) is 4.49. The SMILES string of the molecule is Cc1cc(C(=O)COC2CCC(C)CC2)c(C)n1C. The van der Waals surface area contributed by atoms with Crippen molar-refractivity contribution in [2.24, 2.45) is 13.0 Å². The molecule has 1 fully saturated rings. The highest BCUT2D eigenvalue weighted by Gasteiger charge is 2.21. The molecule has 0 N–H and O–H groups in total. The van der Waals surface area contributed by atoms with Gasteiger partial charge in [-0.1, -0.05) is 6.92 Å². The third-order valence-corrected chi connectivity index (χ3v) is 4.49. The molecule has 0 unspecified atom stereocenters. The van der Waals surface area contributed by atoms with Crippen LogP contribution in [0.5, 0.6) is 0 Å². The van der Waals surface area contributed by atoms with E-state index in [2.05, 4.69) is 11.5 Å². The fraction of sp³-hybridized carbons (Fsp3) is 0.688. The molecular weight excluding hydrogens is 238 g/mol. The van der Waals surface area contributed by atoms with Gasteiger partial charge in [0.15, 0.2) is 5.78 Å². The van der Waals surface area contributed by atoms with Gasteiger partial charge in [0.05, 0.1) is 6.10 Å². The van der Waals surface area contributed by atoms with Gasteiger partial charge in [0, 0.05) is 24.0 Å². The summed E-state index contributed by atoms with van der Waals surface area (Å²) in [5.41, 5.74) is 2.96. The summed E-state index contributed by atoms with van der Waals surface area (Å²) in [6.07, 6.45) is 4.93. The molecule has 1 aliphatic carbocycles. The Bertz CT molecular complexity index is 454. The van der Waals surface area contributed by atoms with Crippen LogP contribution in [0.2, 0.25) is 0 Å². The Morgan fingerprint density at radius 2 is 1.95 bits per heavy atom. The molecule has 1 heterocycles. The molecule has 1 aliphatic rings. The minimum atomic E-state index is 0.111. The van der Waals surface area contributed by atoms with Gasteiger partial charge in [-0.2, -0.15) is 0 Å². The predicted octanol–water partition coefficient (Wildman–Crippen LogP) is 3.42. The van der Waals surface area contributed by atoms with Gasteiger partial charge in [-0.3, -0.25) is 4.79 Å². The lowest BCUT2D eigenvalue weighted by Crippen LogP contribution is -2.23. The van der Waals surface area contributed by atoms with Gasteiger partial charge in [-0.25, -0.2) is 0 Å². The maximum Gasteiger partial charge on any atom is 0.190 e. The van der Waals surface area contributed by atoms with Crippen LogP contribution in [0.4, 0.5) is 0 Å². The van der Waals surface area contributed by atoms with E-state index in [9.17, 15) is 4.79 Å². The monoisotopic (exact) mass is 263 g/mol. The van der Waals surface area contributed by atoms with Crippen LogP contribution in [0, 0.1) is 19.8 Å².